The molecule has 0 saturated carbocycles. The maximum atomic E-state index is 5.90. The van der Waals surface area contributed by atoms with Crippen LogP contribution in [0.15, 0.2) is 22.8 Å². The molecule has 94 valence electrons. The first-order valence-corrected chi connectivity index (χ1v) is 6.48. The van der Waals surface area contributed by atoms with Gasteiger partial charge in [0.1, 0.15) is 12.7 Å². The number of aromatic nitrogens is 1. The highest BCUT2D eigenvalue weighted by atomic mass is 79.9. The van der Waals surface area contributed by atoms with Crippen molar-refractivity contribution >= 4 is 15.9 Å². The topological polar surface area (TPSA) is 43.4 Å². The van der Waals surface area contributed by atoms with Gasteiger partial charge in [-0.1, -0.05) is 0 Å². The standard InChI is InChI=1S/C12H17BrN2O2/c1-12(2)8-14-6-9(17-12)7-16-11-10(13)4-3-5-15-11/h3-5,9,14H,6-8H2,1-2H3. The highest BCUT2D eigenvalue weighted by Crippen LogP contribution is 2.22. The van der Waals surface area contributed by atoms with Crippen LogP contribution in [0.1, 0.15) is 13.8 Å². The van der Waals surface area contributed by atoms with Gasteiger partial charge in [0.25, 0.3) is 0 Å². The van der Waals surface area contributed by atoms with Crippen molar-refractivity contribution in [1.82, 2.24) is 10.3 Å². The first-order valence-electron chi connectivity index (χ1n) is 5.69. The van der Waals surface area contributed by atoms with E-state index in [4.69, 9.17) is 9.47 Å². The van der Waals surface area contributed by atoms with Gasteiger partial charge in [-0.2, -0.15) is 0 Å². The molecule has 0 spiro atoms. The summed E-state index contributed by atoms with van der Waals surface area (Å²) in [5, 5.41) is 3.34. The van der Waals surface area contributed by atoms with Crippen molar-refractivity contribution in [3.05, 3.63) is 22.8 Å². The molecule has 2 rings (SSSR count). The summed E-state index contributed by atoms with van der Waals surface area (Å²) in [4.78, 5) is 4.15. The van der Waals surface area contributed by atoms with Gasteiger partial charge >= 0.3 is 0 Å². The summed E-state index contributed by atoms with van der Waals surface area (Å²) < 4.78 is 12.4. The Balaban J connectivity index is 1.88. The van der Waals surface area contributed by atoms with Gasteiger partial charge in [-0.25, -0.2) is 4.98 Å². The Morgan fingerprint density at radius 3 is 3.18 bits per heavy atom. The first-order chi connectivity index (χ1) is 8.07. The van der Waals surface area contributed by atoms with E-state index in [2.05, 4.69) is 40.1 Å². The van der Waals surface area contributed by atoms with Crippen molar-refractivity contribution in [1.29, 1.82) is 0 Å². The van der Waals surface area contributed by atoms with Gasteiger partial charge in [0, 0.05) is 19.3 Å². The Morgan fingerprint density at radius 1 is 1.65 bits per heavy atom. The highest BCUT2D eigenvalue weighted by Gasteiger charge is 2.28. The monoisotopic (exact) mass is 300 g/mol. The zero-order chi connectivity index (χ0) is 12.3. The largest absolute Gasteiger partial charge is 0.474 e. The second kappa shape index (κ2) is 5.33. The summed E-state index contributed by atoms with van der Waals surface area (Å²) in [6, 6.07) is 3.77. The number of hydrogen-bond donors (Lipinski definition) is 1. The maximum Gasteiger partial charge on any atom is 0.228 e. The van der Waals surface area contributed by atoms with E-state index in [0.29, 0.717) is 12.5 Å². The number of morpholine rings is 1. The van der Waals surface area contributed by atoms with Crippen molar-refractivity contribution in [2.75, 3.05) is 19.7 Å². The smallest absolute Gasteiger partial charge is 0.228 e. The molecule has 0 bridgehead atoms. The van der Waals surface area contributed by atoms with Crippen LogP contribution in [0.25, 0.3) is 0 Å². The predicted octanol–water partition coefficient (Wildman–Crippen LogP) is 1.99. The van der Waals surface area contributed by atoms with Crippen molar-refractivity contribution in [3.8, 4) is 5.88 Å². The molecule has 17 heavy (non-hydrogen) atoms. The minimum absolute atomic E-state index is 0.0626. The van der Waals surface area contributed by atoms with Gasteiger partial charge in [0.05, 0.1) is 10.1 Å². The average molecular weight is 301 g/mol. The van der Waals surface area contributed by atoms with Gasteiger partial charge in [0.2, 0.25) is 5.88 Å². The van der Waals surface area contributed by atoms with Crippen molar-refractivity contribution in [3.63, 3.8) is 0 Å². The highest BCUT2D eigenvalue weighted by molar-refractivity contribution is 9.10. The average Bonchev–Trinajstić information content (AvgIpc) is 2.27. The number of hydrogen-bond acceptors (Lipinski definition) is 4. The Labute approximate surface area is 110 Å². The van der Waals surface area contributed by atoms with E-state index in [0.717, 1.165) is 17.6 Å². The molecule has 2 heterocycles. The Kier molecular flexibility index (Phi) is 4.01. The van der Waals surface area contributed by atoms with Crippen molar-refractivity contribution in [2.45, 2.75) is 25.6 Å². The van der Waals surface area contributed by atoms with Crippen molar-refractivity contribution < 1.29 is 9.47 Å². The summed E-state index contributed by atoms with van der Waals surface area (Å²) in [6.07, 6.45) is 1.77. The normalized spacial score (nSPS) is 23.4. The lowest BCUT2D eigenvalue weighted by atomic mass is 10.1. The van der Waals surface area contributed by atoms with E-state index < -0.39 is 0 Å². The molecule has 1 aliphatic heterocycles. The lowest BCUT2D eigenvalue weighted by Crippen LogP contribution is -2.52. The summed E-state index contributed by atoms with van der Waals surface area (Å²) >= 11 is 3.40. The van der Waals surface area contributed by atoms with Gasteiger partial charge in [-0.15, -0.1) is 0 Å². The number of nitrogens with one attached hydrogen (secondary N) is 1. The maximum absolute atomic E-state index is 5.90. The Morgan fingerprint density at radius 2 is 2.47 bits per heavy atom. The quantitative estimate of drug-likeness (QED) is 0.927. The van der Waals surface area contributed by atoms with E-state index in [1.807, 2.05) is 12.1 Å². The zero-order valence-corrected chi connectivity index (χ0v) is 11.7. The van der Waals surface area contributed by atoms with Gasteiger partial charge in [-0.05, 0) is 41.9 Å². The second-order valence-electron chi connectivity index (χ2n) is 4.73. The molecule has 1 N–H and O–H groups in total. The molecule has 1 saturated heterocycles. The van der Waals surface area contributed by atoms with Crippen LogP contribution in [0, 0.1) is 0 Å². The summed E-state index contributed by atoms with van der Waals surface area (Å²) in [7, 11) is 0. The van der Waals surface area contributed by atoms with E-state index in [9.17, 15) is 0 Å². The number of halogens is 1. The second-order valence-corrected chi connectivity index (χ2v) is 5.59. The number of pyridine rings is 1. The summed E-state index contributed by atoms with van der Waals surface area (Å²) in [5.74, 6) is 0.611. The lowest BCUT2D eigenvalue weighted by Gasteiger charge is -2.36. The molecule has 0 amide bonds. The third-order valence-corrected chi connectivity index (χ3v) is 3.14. The van der Waals surface area contributed by atoms with Crippen molar-refractivity contribution in [2.24, 2.45) is 0 Å². The molecule has 1 aromatic heterocycles. The van der Waals surface area contributed by atoms with Crippen LogP contribution < -0.4 is 10.1 Å². The SMILES string of the molecule is CC1(C)CNCC(COc2ncccc2Br)O1. The van der Waals surface area contributed by atoms with Crippen LogP contribution in [-0.4, -0.2) is 36.4 Å². The minimum atomic E-state index is -0.131. The van der Waals surface area contributed by atoms with Gasteiger partial charge in [0.15, 0.2) is 0 Å². The van der Waals surface area contributed by atoms with Gasteiger partial charge < -0.3 is 14.8 Å². The zero-order valence-electron chi connectivity index (χ0n) is 10.1. The third kappa shape index (κ3) is 3.66. The fourth-order valence-corrected chi connectivity index (χ4v) is 2.18. The van der Waals surface area contributed by atoms with E-state index >= 15 is 0 Å². The number of rotatable bonds is 3. The molecule has 0 radical (unpaired) electrons. The molecule has 0 aliphatic carbocycles. The van der Waals surface area contributed by atoms with Crippen LogP contribution in [0.5, 0.6) is 5.88 Å². The van der Waals surface area contributed by atoms with E-state index in [1.165, 1.54) is 0 Å². The summed E-state index contributed by atoms with van der Waals surface area (Å²) in [5.41, 5.74) is -0.131. The van der Waals surface area contributed by atoms with Crippen LogP contribution in [0.2, 0.25) is 0 Å². The van der Waals surface area contributed by atoms with Crippen LogP contribution in [-0.2, 0) is 4.74 Å². The molecule has 1 aliphatic rings. The van der Waals surface area contributed by atoms with E-state index in [-0.39, 0.29) is 11.7 Å². The summed E-state index contributed by atoms with van der Waals surface area (Å²) in [6.45, 7) is 6.34. The third-order valence-electron chi connectivity index (χ3n) is 2.54. The Bertz CT molecular complexity index is 385. The molecule has 5 heteroatoms. The number of ether oxygens (including phenoxy) is 2. The fourth-order valence-electron chi connectivity index (χ4n) is 1.81. The minimum Gasteiger partial charge on any atom is -0.474 e. The molecular formula is C12H17BrN2O2. The Hall–Kier alpha value is -0.650. The molecule has 1 unspecified atom stereocenters. The lowest BCUT2D eigenvalue weighted by molar-refractivity contribution is -0.107. The number of nitrogens with zero attached hydrogens (tertiary/aromatic N) is 1. The van der Waals surface area contributed by atoms with Gasteiger partial charge in [-0.3, -0.25) is 0 Å². The van der Waals surface area contributed by atoms with E-state index in [1.54, 1.807) is 6.20 Å². The van der Waals surface area contributed by atoms with Crippen LogP contribution >= 0.6 is 15.9 Å². The molecule has 1 aromatic rings. The molecule has 0 aromatic carbocycles. The van der Waals surface area contributed by atoms with Crippen LogP contribution in [0.3, 0.4) is 0 Å². The predicted molar refractivity (Wildman–Crippen MR) is 69.3 cm³/mol. The molecule has 1 fully saturated rings. The first kappa shape index (κ1) is 12.8. The molecule has 1 atom stereocenters. The molecule has 4 nitrogen and oxygen atoms in total. The van der Waals surface area contributed by atoms with Crippen LogP contribution in [0.4, 0.5) is 0 Å². The fraction of sp³-hybridized carbons (Fsp3) is 0.583. The molecular weight excluding hydrogens is 284 g/mol.